The van der Waals surface area contributed by atoms with Gasteiger partial charge in [-0.15, -0.1) is 24.0 Å². The number of nitrogens with zero attached hydrogens (tertiary/aromatic N) is 4. The monoisotopic (exact) mass is 574 g/mol. The molecule has 0 radical (unpaired) electrons. The predicted molar refractivity (Wildman–Crippen MR) is 151 cm³/mol. The van der Waals surface area contributed by atoms with Crippen LogP contribution in [0.2, 0.25) is 0 Å². The molecule has 33 heavy (non-hydrogen) atoms. The molecule has 1 heterocycles. The van der Waals surface area contributed by atoms with Gasteiger partial charge in [0.15, 0.2) is 5.96 Å². The Bertz CT molecular complexity index is 610. The zero-order valence-corrected chi connectivity index (χ0v) is 23.4. The Kier molecular flexibility index (Phi) is 17.7. The van der Waals surface area contributed by atoms with Crippen molar-refractivity contribution in [3.8, 4) is 0 Å². The van der Waals surface area contributed by atoms with Crippen molar-refractivity contribution in [3.63, 3.8) is 0 Å². The normalized spacial score (nSPS) is 15.5. The number of hydrogen-bond donors (Lipinski definition) is 2. The quantitative estimate of drug-likeness (QED) is 0.146. The molecule has 0 amide bonds. The molecule has 0 aliphatic carbocycles. The van der Waals surface area contributed by atoms with Gasteiger partial charge in [-0.1, -0.05) is 30.3 Å². The van der Waals surface area contributed by atoms with Crippen LogP contribution in [0.25, 0.3) is 0 Å². The number of hydrogen-bond acceptors (Lipinski definition) is 5. The molecular weight excluding hydrogens is 527 g/mol. The van der Waals surface area contributed by atoms with Gasteiger partial charge in [-0.2, -0.15) is 0 Å². The molecule has 8 heteroatoms. The lowest BCUT2D eigenvalue weighted by molar-refractivity contribution is 0.126. The Morgan fingerprint density at radius 1 is 1.00 bits per heavy atom. The molecular formula is C25H47IN6O. The van der Waals surface area contributed by atoms with Crippen LogP contribution >= 0.6 is 24.0 Å². The SMILES string of the molecule is CCNC(=NCCCCN1CCN(Cc2ccccc2)CC1)NCCN(C)CCCOC.I. The first-order valence-electron chi connectivity index (χ1n) is 12.4. The Labute approximate surface area is 219 Å². The predicted octanol–water partition coefficient (Wildman–Crippen LogP) is 2.73. The number of piperazine rings is 1. The standard InChI is InChI=1S/C25H46N6O.HI/c1-4-26-25(28-14-17-29(2)15-10-22-32-3)27-13-8-9-16-30-18-20-31(21-19-30)23-24-11-6-5-7-12-24;/h5-7,11-12H,4,8-10,13-23H2,1-3H3,(H2,26,27,28);1H. The Balaban J connectivity index is 0.00000544. The fourth-order valence-electron chi connectivity index (χ4n) is 3.95. The first-order chi connectivity index (χ1) is 15.7. The van der Waals surface area contributed by atoms with Crippen LogP contribution in [0.1, 0.15) is 31.7 Å². The molecule has 0 spiro atoms. The molecule has 1 aromatic rings. The van der Waals surface area contributed by atoms with Crippen molar-refractivity contribution >= 4 is 29.9 Å². The summed E-state index contributed by atoms with van der Waals surface area (Å²) >= 11 is 0. The highest BCUT2D eigenvalue weighted by Crippen LogP contribution is 2.09. The van der Waals surface area contributed by atoms with Gasteiger partial charge in [0.25, 0.3) is 0 Å². The first kappa shape index (κ1) is 30.1. The number of likely N-dealkylation sites (N-methyl/N-ethyl adjacent to an activating group) is 1. The largest absolute Gasteiger partial charge is 0.385 e. The van der Waals surface area contributed by atoms with Gasteiger partial charge in [0.1, 0.15) is 0 Å². The van der Waals surface area contributed by atoms with E-state index < -0.39 is 0 Å². The van der Waals surface area contributed by atoms with Crippen LogP contribution < -0.4 is 10.6 Å². The van der Waals surface area contributed by atoms with E-state index in [1.165, 1.54) is 44.7 Å². The lowest BCUT2D eigenvalue weighted by atomic mass is 10.2. The summed E-state index contributed by atoms with van der Waals surface area (Å²) in [6.07, 6.45) is 3.42. The number of methoxy groups -OCH3 is 1. The fraction of sp³-hybridized carbons (Fsp3) is 0.720. The van der Waals surface area contributed by atoms with Crippen LogP contribution in [0.5, 0.6) is 0 Å². The highest BCUT2D eigenvalue weighted by Gasteiger charge is 2.16. The van der Waals surface area contributed by atoms with Crippen LogP contribution in [-0.4, -0.2) is 107 Å². The number of halogens is 1. The van der Waals surface area contributed by atoms with E-state index in [0.717, 1.165) is 64.7 Å². The number of benzene rings is 1. The molecule has 0 bridgehead atoms. The summed E-state index contributed by atoms with van der Waals surface area (Å²) in [4.78, 5) is 12.3. The van der Waals surface area contributed by atoms with Gasteiger partial charge in [0.05, 0.1) is 0 Å². The van der Waals surface area contributed by atoms with Gasteiger partial charge in [0.2, 0.25) is 0 Å². The fourth-order valence-corrected chi connectivity index (χ4v) is 3.95. The topological polar surface area (TPSA) is 55.4 Å². The van der Waals surface area contributed by atoms with Crippen LogP contribution in [0.15, 0.2) is 35.3 Å². The maximum absolute atomic E-state index is 5.12. The second-order valence-electron chi connectivity index (χ2n) is 8.65. The maximum Gasteiger partial charge on any atom is 0.191 e. The van der Waals surface area contributed by atoms with E-state index in [0.29, 0.717) is 0 Å². The average molecular weight is 575 g/mol. The Morgan fingerprint density at radius 2 is 1.73 bits per heavy atom. The number of ether oxygens (including phenoxy) is 1. The van der Waals surface area contributed by atoms with Crippen molar-refractivity contribution in [2.24, 2.45) is 4.99 Å². The van der Waals surface area contributed by atoms with Crippen LogP contribution in [0.4, 0.5) is 0 Å². The van der Waals surface area contributed by atoms with Crippen LogP contribution in [-0.2, 0) is 11.3 Å². The van der Waals surface area contributed by atoms with Gasteiger partial charge >= 0.3 is 0 Å². The molecule has 1 saturated heterocycles. The summed E-state index contributed by atoms with van der Waals surface area (Å²) in [7, 11) is 3.91. The van der Waals surface area contributed by atoms with E-state index >= 15 is 0 Å². The smallest absolute Gasteiger partial charge is 0.191 e. The van der Waals surface area contributed by atoms with Crippen molar-refractivity contribution < 1.29 is 4.74 Å². The number of guanidine groups is 1. The third-order valence-electron chi connectivity index (χ3n) is 5.88. The van der Waals surface area contributed by atoms with Crippen molar-refractivity contribution in [2.75, 3.05) is 86.2 Å². The van der Waals surface area contributed by atoms with Crippen LogP contribution in [0, 0.1) is 0 Å². The van der Waals surface area contributed by atoms with E-state index in [1.54, 1.807) is 7.11 Å². The third kappa shape index (κ3) is 14.1. The lowest BCUT2D eigenvalue weighted by Gasteiger charge is -2.34. The molecule has 2 N–H and O–H groups in total. The van der Waals surface area contributed by atoms with Gasteiger partial charge in [-0.3, -0.25) is 9.89 Å². The van der Waals surface area contributed by atoms with Gasteiger partial charge in [0, 0.05) is 79.2 Å². The Morgan fingerprint density at radius 3 is 2.42 bits per heavy atom. The van der Waals surface area contributed by atoms with Crippen LogP contribution in [0.3, 0.4) is 0 Å². The zero-order chi connectivity index (χ0) is 22.9. The maximum atomic E-state index is 5.12. The van der Waals surface area contributed by atoms with E-state index in [-0.39, 0.29) is 24.0 Å². The zero-order valence-electron chi connectivity index (χ0n) is 21.1. The van der Waals surface area contributed by atoms with E-state index in [9.17, 15) is 0 Å². The molecule has 0 atom stereocenters. The molecule has 1 aromatic carbocycles. The second kappa shape index (κ2) is 19.4. The summed E-state index contributed by atoms with van der Waals surface area (Å²) in [5.74, 6) is 0.937. The van der Waals surface area contributed by atoms with Crippen molar-refractivity contribution in [1.82, 2.24) is 25.3 Å². The molecule has 0 saturated carbocycles. The van der Waals surface area contributed by atoms with Crippen molar-refractivity contribution in [3.05, 3.63) is 35.9 Å². The molecule has 1 fully saturated rings. The molecule has 0 aromatic heterocycles. The highest BCUT2D eigenvalue weighted by atomic mass is 127. The number of nitrogens with one attached hydrogen (secondary N) is 2. The first-order valence-corrected chi connectivity index (χ1v) is 12.4. The average Bonchev–Trinajstić information content (AvgIpc) is 2.81. The highest BCUT2D eigenvalue weighted by molar-refractivity contribution is 14.0. The molecule has 2 rings (SSSR count). The molecule has 190 valence electrons. The van der Waals surface area contributed by atoms with E-state index in [2.05, 4.69) is 69.6 Å². The minimum absolute atomic E-state index is 0. The van der Waals surface area contributed by atoms with Crippen molar-refractivity contribution in [1.29, 1.82) is 0 Å². The Hall–Kier alpha value is -0.940. The molecule has 1 aliphatic rings. The number of rotatable bonds is 15. The summed E-state index contributed by atoms with van der Waals surface area (Å²) in [6.45, 7) is 14.6. The van der Waals surface area contributed by atoms with Gasteiger partial charge in [-0.25, -0.2) is 0 Å². The van der Waals surface area contributed by atoms with Gasteiger partial charge < -0.3 is 25.2 Å². The third-order valence-corrected chi connectivity index (χ3v) is 5.88. The molecule has 1 aliphatic heterocycles. The number of unbranched alkanes of at least 4 members (excludes halogenated alkanes) is 1. The minimum Gasteiger partial charge on any atom is -0.385 e. The summed E-state index contributed by atoms with van der Waals surface area (Å²) in [5.41, 5.74) is 1.42. The molecule has 0 unspecified atom stereocenters. The lowest BCUT2D eigenvalue weighted by Crippen LogP contribution is -2.46. The summed E-state index contributed by atoms with van der Waals surface area (Å²) in [6, 6.07) is 10.8. The van der Waals surface area contributed by atoms with Crippen molar-refractivity contribution in [2.45, 2.75) is 32.7 Å². The molecule has 7 nitrogen and oxygen atoms in total. The summed E-state index contributed by atoms with van der Waals surface area (Å²) < 4.78 is 5.12. The second-order valence-corrected chi connectivity index (χ2v) is 8.65. The minimum atomic E-state index is 0. The van der Waals surface area contributed by atoms with Gasteiger partial charge in [-0.05, 0) is 45.3 Å². The van der Waals surface area contributed by atoms with E-state index in [1.807, 2.05) is 0 Å². The summed E-state index contributed by atoms with van der Waals surface area (Å²) in [5, 5.41) is 6.82. The van der Waals surface area contributed by atoms with E-state index in [4.69, 9.17) is 9.73 Å². The number of aliphatic imine (C=N–C) groups is 1.